The van der Waals surface area contributed by atoms with Gasteiger partial charge in [0.2, 0.25) is 0 Å². The van der Waals surface area contributed by atoms with Crippen LogP contribution in [0.5, 0.6) is 0 Å². The number of alkyl halides is 1. The first-order valence-corrected chi connectivity index (χ1v) is 9.38. The lowest BCUT2D eigenvalue weighted by atomic mass is 9.84. The van der Waals surface area contributed by atoms with Crippen LogP contribution in [0.25, 0.3) is 0 Å². The predicted molar refractivity (Wildman–Crippen MR) is 96.7 cm³/mol. The van der Waals surface area contributed by atoms with E-state index in [1.807, 2.05) is 60.7 Å². The molecule has 0 unspecified atom stereocenters. The van der Waals surface area contributed by atoms with E-state index in [2.05, 4.69) is 0 Å². The second-order valence-electron chi connectivity index (χ2n) is 5.45. The topological polar surface area (TPSA) is 57.5 Å². The van der Waals surface area contributed by atoms with Crippen LogP contribution in [0.4, 0.5) is 0 Å². The minimum Gasteiger partial charge on any atom is -0.321 e. The van der Waals surface area contributed by atoms with Gasteiger partial charge in [-0.2, -0.15) is 0 Å². The van der Waals surface area contributed by atoms with E-state index in [-0.39, 0.29) is 5.30 Å². The second-order valence-corrected chi connectivity index (χ2v) is 7.59. The fourth-order valence-corrected chi connectivity index (χ4v) is 4.15. The summed E-state index contributed by atoms with van der Waals surface area (Å²) in [6.07, 6.45) is 0. The zero-order valence-corrected chi connectivity index (χ0v) is 14.4. The number of hydrogen-bond donors (Lipinski definition) is 2. The van der Waals surface area contributed by atoms with Crippen molar-refractivity contribution in [1.82, 2.24) is 0 Å². The molecule has 0 aliphatic carbocycles. The second kappa shape index (κ2) is 6.54. The summed E-state index contributed by atoms with van der Waals surface area (Å²) in [5, 5.41) is -0.0623. The minimum atomic E-state index is -4.48. The lowest BCUT2D eigenvalue weighted by Gasteiger charge is -2.31. The highest BCUT2D eigenvalue weighted by Crippen LogP contribution is 2.46. The van der Waals surface area contributed by atoms with Crippen molar-refractivity contribution < 1.29 is 14.4 Å². The van der Waals surface area contributed by atoms with Gasteiger partial charge >= 0.3 is 7.60 Å². The molecule has 0 saturated carbocycles. The summed E-state index contributed by atoms with van der Waals surface area (Å²) in [5.41, 5.74) is 1.88. The molecule has 0 aromatic heterocycles. The van der Waals surface area contributed by atoms with Crippen LogP contribution in [0.2, 0.25) is 0 Å². The van der Waals surface area contributed by atoms with Crippen LogP contribution in [0.15, 0.2) is 84.9 Å². The quantitative estimate of drug-likeness (QED) is 0.421. The highest BCUT2D eigenvalue weighted by atomic mass is 35.5. The molecule has 0 aliphatic rings. The molecule has 0 fully saturated rings. The fourth-order valence-electron chi connectivity index (χ4n) is 2.83. The fraction of sp³-hybridized carbons (Fsp3) is 0.0526. The monoisotopic (exact) mass is 358 g/mol. The number of hydrogen-bond acceptors (Lipinski definition) is 1. The van der Waals surface area contributed by atoms with Crippen LogP contribution in [-0.2, 0) is 9.44 Å². The number of rotatable bonds is 4. The largest absolute Gasteiger partial charge is 0.356 e. The summed E-state index contributed by atoms with van der Waals surface area (Å²) in [6.45, 7) is 0. The Morgan fingerprint density at radius 2 is 1.12 bits per heavy atom. The van der Waals surface area contributed by atoms with E-state index >= 15 is 0 Å². The standard InChI is InChI=1S/C19H16ClO3P/c20-19(15-9-3-1-4-10-15,16-11-5-2-6-12-16)17-13-7-8-14-18(17)24(21,22)23/h1-14H,(H2,21,22,23). The Morgan fingerprint density at radius 1 is 0.708 bits per heavy atom. The molecule has 0 aliphatic heterocycles. The minimum absolute atomic E-state index is 0.0623. The van der Waals surface area contributed by atoms with Gasteiger partial charge in [-0.05, 0) is 22.8 Å². The molecule has 2 N–H and O–H groups in total. The van der Waals surface area contributed by atoms with Gasteiger partial charge < -0.3 is 9.79 Å². The van der Waals surface area contributed by atoms with Crippen LogP contribution in [0.3, 0.4) is 0 Å². The number of benzene rings is 3. The van der Waals surface area contributed by atoms with Gasteiger partial charge in [-0.3, -0.25) is 4.57 Å². The first-order valence-electron chi connectivity index (χ1n) is 7.39. The first kappa shape index (κ1) is 16.9. The summed E-state index contributed by atoms with van der Waals surface area (Å²) < 4.78 is 12.0. The van der Waals surface area contributed by atoms with Gasteiger partial charge in [-0.1, -0.05) is 78.9 Å². The Kier molecular flexibility index (Phi) is 4.62. The van der Waals surface area contributed by atoms with Crippen molar-refractivity contribution in [2.75, 3.05) is 0 Å². The van der Waals surface area contributed by atoms with E-state index in [1.54, 1.807) is 18.2 Å². The van der Waals surface area contributed by atoms with E-state index in [4.69, 9.17) is 11.6 Å². The van der Waals surface area contributed by atoms with E-state index in [0.29, 0.717) is 5.56 Å². The van der Waals surface area contributed by atoms with Crippen molar-refractivity contribution in [2.24, 2.45) is 0 Å². The van der Waals surface area contributed by atoms with Gasteiger partial charge in [-0.15, -0.1) is 11.6 Å². The summed E-state index contributed by atoms with van der Waals surface area (Å²) >= 11 is 7.08. The SMILES string of the molecule is O=P(O)(O)c1ccccc1C(Cl)(c1ccccc1)c1ccccc1. The van der Waals surface area contributed by atoms with Crippen molar-refractivity contribution >= 4 is 24.5 Å². The first-order chi connectivity index (χ1) is 11.4. The van der Waals surface area contributed by atoms with Gasteiger partial charge in [0, 0.05) is 0 Å². The molecule has 0 amide bonds. The molecule has 0 saturated heterocycles. The normalized spacial score (nSPS) is 12.1. The summed E-state index contributed by atoms with van der Waals surface area (Å²) in [7, 11) is -4.48. The van der Waals surface area contributed by atoms with E-state index in [1.165, 1.54) is 6.07 Å². The molecule has 5 heteroatoms. The molecule has 0 radical (unpaired) electrons. The zero-order chi connectivity index (χ0) is 17.2. The van der Waals surface area contributed by atoms with Crippen molar-refractivity contribution in [1.29, 1.82) is 0 Å². The molecular formula is C19H16ClO3P. The third-order valence-electron chi connectivity index (χ3n) is 3.93. The van der Waals surface area contributed by atoms with E-state index < -0.39 is 12.5 Å². The molecule has 3 aromatic carbocycles. The molecule has 3 nitrogen and oxygen atoms in total. The lowest BCUT2D eigenvalue weighted by Crippen LogP contribution is -2.29. The van der Waals surface area contributed by atoms with Crippen LogP contribution in [0.1, 0.15) is 16.7 Å². The summed E-state index contributed by atoms with van der Waals surface area (Å²) in [5.74, 6) is 0. The Bertz CT molecular complexity index is 836. The van der Waals surface area contributed by atoms with Gasteiger partial charge in [0.15, 0.2) is 0 Å². The molecular weight excluding hydrogens is 343 g/mol. The summed E-state index contributed by atoms with van der Waals surface area (Å²) in [6, 6.07) is 25.0. The number of halogens is 1. The highest BCUT2D eigenvalue weighted by Gasteiger charge is 2.39. The molecule has 122 valence electrons. The van der Waals surface area contributed by atoms with Gasteiger partial charge in [0.1, 0.15) is 4.87 Å². The highest BCUT2D eigenvalue weighted by molar-refractivity contribution is 7.60. The van der Waals surface area contributed by atoms with Crippen LogP contribution in [0, 0.1) is 0 Å². The predicted octanol–water partition coefficient (Wildman–Crippen LogP) is 4.02. The third-order valence-corrected chi connectivity index (χ3v) is 5.59. The van der Waals surface area contributed by atoms with E-state index in [9.17, 15) is 14.4 Å². The van der Waals surface area contributed by atoms with Crippen molar-refractivity contribution in [2.45, 2.75) is 4.87 Å². The van der Waals surface area contributed by atoms with Gasteiger partial charge in [0.25, 0.3) is 0 Å². The molecule has 0 spiro atoms. The average molecular weight is 359 g/mol. The maximum absolute atomic E-state index is 12.0. The molecule has 0 heterocycles. The van der Waals surface area contributed by atoms with Crippen LogP contribution < -0.4 is 5.30 Å². The van der Waals surface area contributed by atoms with Crippen molar-refractivity contribution in [3.8, 4) is 0 Å². The molecule has 0 bridgehead atoms. The molecule has 24 heavy (non-hydrogen) atoms. The smallest absolute Gasteiger partial charge is 0.321 e. The lowest BCUT2D eigenvalue weighted by molar-refractivity contribution is 0.387. The average Bonchev–Trinajstić information content (AvgIpc) is 2.62. The Hall–Kier alpha value is -1.90. The molecule has 3 aromatic rings. The van der Waals surface area contributed by atoms with Crippen molar-refractivity contribution in [3.63, 3.8) is 0 Å². The van der Waals surface area contributed by atoms with E-state index in [0.717, 1.165) is 11.1 Å². The van der Waals surface area contributed by atoms with Crippen LogP contribution >= 0.6 is 19.2 Å². The van der Waals surface area contributed by atoms with Gasteiger partial charge in [0.05, 0.1) is 5.30 Å². The molecule has 3 rings (SSSR count). The van der Waals surface area contributed by atoms with Crippen molar-refractivity contribution in [3.05, 3.63) is 102 Å². The third kappa shape index (κ3) is 3.04. The Labute approximate surface area is 145 Å². The Balaban J connectivity index is 2.35. The summed E-state index contributed by atoms with van der Waals surface area (Å²) in [4.78, 5) is 18.4. The Morgan fingerprint density at radius 3 is 1.58 bits per heavy atom. The maximum atomic E-state index is 12.0. The van der Waals surface area contributed by atoms with Crippen LogP contribution in [-0.4, -0.2) is 9.79 Å². The zero-order valence-electron chi connectivity index (χ0n) is 12.7. The maximum Gasteiger partial charge on any atom is 0.356 e. The van der Waals surface area contributed by atoms with Gasteiger partial charge in [-0.25, -0.2) is 0 Å². The molecule has 0 atom stereocenters.